The molecule has 20 heavy (non-hydrogen) atoms. The van der Waals surface area contributed by atoms with E-state index in [-0.39, 0.29) is 5.91 Å². The van der Waals surface area contributed by atoms with Crippen LogP contribution in [-0.2, 0) is 11.2 Å². The zero-order chi connectivity index (χ0) is 14.5. The fourth-order valence-corrected chi connectivity index (χ4v) is 2.83. The first-order valence-electron chi connectivity index (χ1n) is 6.63. The second-order valence-corrected chi connectivity index (χ2v) is 6.00. The third-order valence-corrected chi connectivity index (χ3v) is 3.97. The van der Waals surface area contributed by atoms with Crippen molar-refractivity contribution in [3.05, 3.63) is 40.2 Å². The predicted octanol–water partition coefficient (Wildman–Crippen LogP) is 2.12. The van der Waals surface area contributed by atoms with Gasteiger partial charge in [-0.05, 0) is 13.8 Å². The summed E-state index contributed by atoms with van der Waals surface area (Å²) in [5.74, 6) is -0.124. The topological polar surface area (TPSA) is 68.0 Å². The summed E-state index contributed by atoms with van der Waals surface area (Å²) >= 11 is 1.68. The van der Waals surface area contributed by atoms with Gasteiger partial charge in [-0.25, -0.2) is 4.98 Å². The molecule has 1 atom stereocenters. The minimum atomic E-state index is -0.465. The third kappa shape index (κ3) is 3.65. The number of nitrogens with zero attached hydrogens (tertiary/aromatic N) is 1. The number of rotatable bonds is 5. The van der Waals surface area contributed by atoms with Crippen LogP contribution in [0.25, 0.3) is 11.3 Å². The first-order valence-corrected chi connectivity index (χ1v) is 7.44. The second-order valence-electron chi connectivity index (χ2n) is 4.71. The molecule has 0 saturated carbocycles. The van der Waals surface area contributed by atoms with E-state index in [1.165, 1.54) is 4.88 Å². The fraction of sp³-hybridized carbons (Fsp3) is 0.333. The van der Waals surface area contributed by atoms with Crippen molar-refractivity contribution in [2.75, 3.05) is 6.54 Å². The molecular weight excluding hydrogens is 270 g/mol. The Morgan fingerprint density at radius 3 is 2.75 bits per heavy atom. The van der Waals surface area contributed by atoms with Crippen LogP contribution in [0.1, 0.15) is 16.8 Å². The van der Waals surface area contributed by atoms with E-state index >= 15 is 0 Å². The molecule has 0 spiro atoms. The Bertz CT molecular complexity index is 578. The first-order chi connectivity index (χ1) is 9.58. The maximum Gasteiger partial charge on any atom is 0.236 e. The molecule has 1 amide bonds. The van der Waals surface area contributed by atoms with Crippen molar-refractivity contribution in [3.63, 3.8) is 0 Å². The van der Waals surface area contributed by atoms with Crippen LogP contribution in [0.15, 0.2) is 30.3 Å². The van der Waals surface area contributed by atoms with Crippen molar-refractivity contribution in [1.82, 2.24) is 10.3 Å². The Hall–Kier alpha value is -1.72. The summed E-state index contributed by atoms with van der Waals surface area (Å²) in [6.07, 6.45) is 0.733. The van der Waals surface area contributed by atoms with Crippen LogP contribution in [-0.4, -0.2) is 23.5 Å². The minimum Gasteiger partial charge on any atom is -0.354 e. The van der Waals surface area contributed by atoms with E-state index in [4.69, 9.17) is 5.73 Å². The average molecular weight is 289 g/mol. The number of hydrogen-bond acceptors (Lipinski definition) is 4. The number of nitrogens with two attached hydrogens (primary N) is 1. The van der Waals surface area contributed by atoms with Crippen LogP contribution in [0.2, 0.25) is 0 Å². The lowest BCUT2D eigenvalue weighted by atomic mass is 10.1. The minimum absolute atomic E-state index is 0.124. The molecule has 2 rings (SSSR count). The maximum absolute atomic E-state index is 11.4. The van der Waals surface area contributed by atoms with Crippen LogP contribution < -0.4 is 11.1 Å². The summed E-state index contributed by atoms with van der Waals surface area (Å²) < 4.78 is 0. The summed E-state index contributed by atoms with van der Waals surface area (Å²) in [5.41, 5.74) is 7.66. The molecule has 0 saturated heterocycles. The van der Waals surface area contributed by atoms with Crippen molar-refractivity contribution >= 4 is 17.2 Å². The van der Waals surface area contributed by atoms with Gasteiger partial charge in [0.05, 0.1) is 16.7 Å². The van der Waals surface area contributed by atoms with E-state index in [1.807, 2.05) is 18.2 Å². The highest BCUT2D eigenvalue weighted by Crippen LogP contribution is 2.27. The fourth-order valence-electron chi connectivity index (χ4n) is 1.88. The predicted molar refractivity (Wildman–Crippen MR) is 82.7 cm³/mol. The molecule has 1 aromatic heterocycles. The Balaban J connectivity index is 2.00. The zero-order valence-corrected chi connectivity index (χ0v) is 12.5. The van der Waals surface area contributed by atoms with Gasteiger partial charge < -0.3 is 11.1 Å². The van der Waals surface area contributed by atoms with Gasteiger partial charge in [0.2, 0.25) is 5.91 Å². The van der Waals surface area contributed by atoms with E-state index < -0.39 is 6.04 Å². The first kappa shape index (κ1) is 14.7. The number of nitrogens with one attached hydrogen (secondary N) is 1. The smallest absolute Gasteiger partial charge is 0.236 e. The lowest BCUT2D eigenvalue weighted by molar-refractivity contribution is -0.121. The monoisotopic (exact) mass is 289 g/mol. The number of aromatic nitrogens is 1. The van der Waals surface area contributed by atoms with Gasteiger partial charge in [-0.3, -0.25) is 4.79 Å². The Morgan fingerprint density at radius 1 is 1.40 bits per heavy atom. The summed E-state index contributed by atoms with van der Waals surface area (Å²) in [7, 11) is 0. The highest BCUT2D eigenvalue weighted by molar-refractivity contribution is 7.12. The van der Waals surface area contributed by atoms with Crippen LogP contribution >= 0.6 is 11.3 Å². The Labute approximate surface area is 123 Å². The molecule has 0 radical (unpaired) electrons. The Kier molecular flexibility index (Phi) is 4.87. The molecule has 0 aliphatic rings. The van der Waals surface area contributed by atoms with E-state index in [2.05, 4.69) is 29.4 Å². The maximum atomic E-state index is 11.4. The molecule has 0 aliphatic carbocycles. The van der Waals surface area contributed by atoms with Crippen LogP contribution in [0.3, 0.4) is 0 Å². The SMILES string of the molecule is Cc1sc(CCNC(=O)[C@@H](C)N)nc1-c1ccccc1. The largest absolute Gasteiger partial charge is 0.354 e. The van der Waals surface area contributed by atoms with Gasteiger partial charge in [0.1, 0.15) is 0 Å². The molecule has 4 nitrogen and oxygen atoms in total. The van der Waals surface area contributed by atoms with Crippen molar-refractivity contribution in [2.45, 2.75) is 26.3 Å². The van der Waals surface area contributed by atoms with E-state index in [0.29, 0.717) is 6.54 Å². The van der Waals surface area contributed by atoms with Crippen LogP contribution in [0.5, 0.6) is 0 Å². The summed E-state index contributed by atoms with van der Waals surface area (Å²) in [4.78, 5) is 17.2. The van der Waals surface area contributed by atoms with Crippen molar-refractivity contribution in [2.24, 2.45) is 5.73 Å². The summed E-state index contributed by atoms with van der Waals surface area (Å²) in [5, 5.41) is 3.84. The molecule has 1 heterocycles. The van der Waals surface area contributed by atoms with E-state index in [9.17, 15) is 4.79 Å². The van der Waals surface area contributed by atoms with Gasteiger partial charge in [0, 0.05) is 23.4 Å². The molecule has 106 valence electrons. The van der Waals surface area contributed by atoms with Gasteiger partial charge >= 0.3 is 0 Å². The highest BCUT2D eigenvalue weighted by atomic mass is 32.1. The number of carbonyl (C=O) groups excluding carboxylic acids is 1. The normalized spacial score (nSPS) is 12.2. The number of amides is 1. The van der Waals surface area contributed by atoms with Crippen LogP contribution in [0.4, 0.5) is 0 Å². The highest BCUT2D eigenvalue weighted by Gasteiger charge is 2.10. The van der Waals surface area contributed by atoms with Crippen molar-refractivity contribution in [1.29, 1.82) is 0 Å². The number of aryl methyl sites for hydroxylation is 1. The second kappa shape index (κ2) is 6.63. The molecule has 0 unspecified atom stereocenters. The standard InChI is InChI=1S/C15H19N3OS/c1-10(16)15(19)17-9-8-13-18-14(11(2)20-13)12-6-4-3-5-7-12/h3-7,10H,8-9,16H2,1-2H3,(H,17,19)/t10-/m1/s1. The van der Waals surface area contributed by atoms with Gasteiger partial charge in [0.25, 0.3) is 0 Å². The van der Waals surface area contributed by atoms with E-state index in [1.54, 1.807) is 18.3 Å². The number of thiazole rings is 1. The molecule has 2 aromatic rings. The average Bonchev–Trinajstić information content (AvgIpc) is 2.80. The molecule has 5 heteroatoms. The van der Waals surface area contributed by atoms with Crippen molar-refractivity contribution < 1.29 is 4.79 Å². The number of carbonyl (C=O) groups is 1. The van der Waals surface area contributed by atoms with Crippen molar-refractivity contribution in [3.8, 4) is 11.3 Å². The molecule has 1 aromatic carbocycles. The summed E-state index contributed by atoms with van der Waals surface area (Å²) in [6.45, 7) is 4.32. The molecular formula is C15H19N3OS. The lowest BCUT2D eigenvalue weighted by Gasteiger charge is -2.05. The molecule has 0 aliphatic heterocycles. The molecule has 3 N–H and O–H groups in total. The van der Waals surface area contributed by atoms with E-state index in [0.717, 1.165) is 22.7 Å². The van der Waals surface area contributed by atoms with Gasteiger partial charge in [-0.2, -0.15) is 0 Å². The van der Waals surface area contributed by atoms with Gasteiger partial charge in [0.15, 0.2) is 0 Å². The summed E-state index contributed by atoms with van der Waals surface area (Å²) in [6, 6.07) is 9.67. The van der Waals surface area contributed by atoms with Gasteiger partial charge in [-0.1, -0.05) is 30.3 Å². The van der Waals surface area contributed by atoms with Crippen LogP contribution in [0, 0.1) is 6.92 Å². The lowest BCUT2D eigenvalue weighted by Crippen LogP contribution is -2.39. The molecule has 0 fully saturated rings. The Morgan fingerprint density at radius 2 is 2.10 bits per heavy atom. The third-order valence-electron chi connectivity index (χ3n) is 2.94. The quantitative estimate of drug-likeness (QED) is 0.886. The zero-order valence-electron chi connectivity index (χ0n) is 11.7. The number of hydrogen-bond donors (Lipinski definition) is 2. The number of benzene rings is 1. The molecule has 0 bridgehead atoms. The van der Waals surface area contributed by atoms with Gasteiger partial charge in [-0.15, -0.1) is 11.3 Å².